The molecule has 98 valence electrons. The minimum absolute atomic E-state index is 0.0718. The van der Waals surface area contributed by atoms with Crippen molar-refractivity contribution in [2.75, 3.05) is 6.54 Å². The molecule has 0 aromatic carbocycles. The van der Waals surface area contributed by atoms with Crippen molar-refractivity contribution in [3.05, 3.63) is 0 Å². The third-order valence-electron chi connectivity index (χ3n) is 3.90. The number of β-amino-alcohol motifs (C(OH)–C–C–N with tert-alkyl or cyclic N) is 1. The van der Waals surface area contributed by atoms with Crippen molar-refractivity contribution in [1.29, 1.82) is 0 Å². The molecule has 17 heavy (non-hydrogen) atoms. The second-order valence-electron chi connectivity index (χ2n) is 5.61. The fourth-order valence-corrected chi connectivity index (χ4v) is 4.15. The van der Waals surface area contributed by atoms with Crippen LogP contribution in [0.25, 0.3) is 0 Å². The van der Waals surface area contributed by atoms with Gasteiger partial charge in [0.2, 0.25) is 0 Å². The van der Waals surface area contributed by atoms with Gasteiger partial charge in [0.15, 0.2) is 4.75 Å². The molecule has 0 atom stereocenters. The SMILES string of the molecule is CC1(C)C(=O)N(CC2(O)CCCCC2)S1(=O)=O. The summed E-state index contributed by atoms with van der Waals surface area (Å²) in [7, 11) is -3.56. The van der Waals surface area contributed by atoms with Gasteiger partial charge in [-0.15, -0.1) is 0 Å². The Bertz CT molecular complexity index is 434. The Kier molecular flexibility index (Phi) is 2.78. The summed E-state index contributed by atoms with van der Waals surface area (Å²) in [5, 5.41) is 10.3. The van der Waals surface area contributed by atoms with Crippen molar-refractivity contribution in [2.24, 2.45) is 0 Å². The van der Waals surface area contributed by atoms with Gasteiger partial charge in [-0.1, -0.05) is 19.3 Å². The van der Waals surface area contributed by atoms with E-state index in [4.69, 9.17) is 0 Å². The molecule has 2 aliphatic rings. The molecule has 1 saturated carbocycles. The first kappa shape index (κ1) is 12.8. The van der Waals surface area contributed by atoms with Crippen LogP contribution in [0, 0.1) is 0 Å². The molecule has 6 heteroatoms. The van der Waals surface area contributed by atoms with E-state index in [-0.39, 0.29) is 6.54 Å². The first-order valence-corrected chi connectivity index (χ1v) is 7.44. The molecule has 2 fully saturated rings. The van der Waals surface area contributed by atoms with Gasteiger partial charge >= 0.3 is 0 Å². The molecule has 1 heterocycles. The largest absolute Gasteiger partial charge is 0.388 e. The Labute approximate surface area is 102 Å². The topological polar surface area (TPSA) is 74.7 Å². The van der Waals surface area contributed by atoms with E-state index >= 15 is 0 Å². The molecule has 0 radical (unpaired) electrons. The van der Waals surface area contributed by atoms with Crippen LogP contribution in [0.2, 0.25) is 0 Å². The molecule has 0 unspecified atom stereocenters. The molecule has 0 aromatic rings. The molecule has 0 bridgehead atoms. The van der Waals surface area contributed by atoms with Crippen LogP contribution >= 0.6 is 0 Å². The third-order valence-corrected chi connectivity index (χ3v) is 6.24. The van der Waals surface area contributed by atoms with Crippen LogP contribution in [-0.2, 0) is 14.8 Å². The molecule has 1 aliphatic carbocycles. The van der Waals surface area contributed by atoms with Crippen LogP contribution < -0.4 is 0 Å². The molecule has 1 amide bonds. The summed E-state index contributed by atoms with van der Waals surface area (Å²) < 4.78 is 23.3. The van der Waals surface area contributed by atoms with E-state index < -0.39 is 26.3 Å². The zero-order valence-corrected chi connectivity index (χ0v) is 11.1. The van der Waals surface area contributed by atoms with Gasteiger partial charge in [0, 0.05) is 0 Å². The summed E-state index contributed by atoms with van der Waals surface area (Å²) in [6, 6.07) is 0. The lowest BCUT2D eigenvalue weighted by Gasteiger charge is -2.47. The molecular formula is C11H19NO4S. The average Bonchev–Trinajstić information content (AvgIpc) is 2.25. The van der Waals surface area contributed by atoms with E-state index in [0.29, 0.717) is 12.8 Å². The van der Waals surface area contributed by atoms with Gasteiger partial charge < -0.3 is 5.11 Å². The van der Waals surface area contributed by atoms with Crippen LogP contribution in [-0.4, -0.2) is 40.6 Å². The van der Waals surface area contributed by atoms with Gasteiger partial charge in [-0.05, 0) is 26.7 Å². The van der Waals surface area contributed by atoms with Gasteiger partial charge in [-0.25, -0.2) is 12.7 Å². The van der Waals surface area contributed by atoms with E-state index in [2.05, 4.69) is 0 Å². The average molecular weight is 261 g/mol. The van der Waals surface area contributed by atoms with Crippen LogP contribution in [0.4, 0.5) is 0 Å². The Morgan fingerprint density at radius 2 is 1.76 bits per heavy atom. The van der Waals surface area contributed by atoms with E-state index in [1.807, 2.05) is 0 Å². The fraction of sp³-hybridized carbons (Fsp3) is 0.909. The van der Waals surface area contributed by atoms with Gasteiger partial charge in [0.05, 0.1) is 12.1 Å². The highest BCUT2D eigenvalue weighted by Gasteiger charge is 2.61. The van der Waals surface area contributed by atoms with Crippen molar-refractivity contribution in [3.63, 3.8) is 0 Å². The molecule has 0 aromatic heterocycles. The molecule has 5 nitrogen and oxygen atoms in total. The lowest BCUT2D eigenvalue weighted by atomic mass is 9.85. The van der Waals surface area contributed by atoms with Crippen LogP contribution in [0.1, 0.15) is 46.0 Å². The monoisotopic (exact) mass is 261 g/mol. The van der Waals surface area contributed by atoms with Gasteiger partial charge in [-0.3, -0.25) is 4.79 Å². The summed E-state index contributed by atoms with van der Waals surface area (Å²) in [6.45, 7) is 2.75. The van der Waals surface area contributed by atoms with Crippen LogP contribution in [0.3, 0.4) is 0 Å². The number of carbonyl (C=O) groups excluding carboxylic acids is 1. The predicted octanol–water partition coefficient (Wildman–Crippen LogP) is 0.632. The van der Waals surface area contributed by atoms with E-state index in [0.717, 1.165) is 23.6 Å². The maximum Gasteiger partial charge on any atom is 0.258 e. The Morgan fingerprint density at radius 3 is 2.24 bits per heavy atom. The van der Waals surface area contributed by atoms with Crippen molar-refractivity contribution >= 4 is 15.9 Å². The maximum atomic E-state index is 11.9. The smallest absolute Gasteiger partial charge is 0.258 e. The number of aliphatic hydroxyl groups is 1. The van der Waals surface area contributed by atoms with Gasteiger partial charge in [-0.2, -0.15) is 0 Å². The van der Waals surface area contributed by atoms with Crippen LogP contribution in [0.5, 0.6) is 0 Å². The number of hydrogen-bond donors (Lipinski definition) is 1. The predicted molar refractivity (Wildman–Crippen MR) is 62.7 cm³/mol. The molecule has 1 aliphatic heterocycles. The van der Waals surface area contributed by atoms with Crippen LogP contribution in [0.15, 0.2) is 0 Å². The highest BCUT2D eigenvalue weighted by Crippen LogP contribution is 2.38. The summed E-state index contributed by atoms with van der Waals surface area (Å²) >= 11 is 0. The number of amides is 1. The first-order valence-electron chi connectivity index (χ1n) is 6.00. The molecule has 1 N–H and O–H groups in total. The van der Waals surface area contributed by atoms with Crippen molar-refractivity contribution in [1.82, 2.24) is 4.31 Å². The van der Waals surface area contributed by atoms with E-state index in [1.54, 1.807) is 0 Å². The number of carbonyl (C=O) groups is 1. The summed E-state index contributed by atoms with van der Waals surface area (Å²) in [6.07, 6.45) is 4.00. The Morgan fingerprint density at radius 1 is 1.24 bits per heavy atom. The van der Waals surface area contributed by atoms with E-state index in [1.165, 1.54) is 13.8 Å². The molecule has 2 rings (SSSR count). The van der Waals surface area contributed by atoms with Gasteiger partial charge in [0.25, 0.3) is 15.9 Å². The summed E-state index contributed by atoms with van der Waals surface area (Å²) in [4.78, 5) is 11.8. The van der Waals surface area contributed by atoms with Crippen molar-refractivity contribution in [2.45, 2.75) is 56.3 Å². The fourth-order valence-electron chi connectivity index (χ4n) is 2.55. The maximum absolute atomic E-state index is 11.9. The number of sulfonamides is 1. The third kappa shape index (κ3) is 1.78. The lowest BCUT2D eigenvalue weighted by Crippen LogP contribution is -2.69. The van der Waals surface area contributed by atoms with E-state index in [9.17, 15) is 18.3 Å². The first-order chi connectivity index (χ1) is 7.71. The minimum Gasteiger partial charge on any atom is -0.388 e. The quantitative estimate of drug-likeness (QED) is 0.791. The number of hydrogen-bond acceptors (Lipinski definition) is 4. The number of rotatable bonds is 2. The Balaban J connectivity index is 2.13. The highest BCUT2D eigenvalue weighted by atomic mass is 32.2. The second-order valence-corrected chi connectivity index (χ2v) is 8.02. The summed E-state index contributed by atoms with van der Waals surface area (Å²) in [5.41, 5.74) is -1.02. The highest BCUT2D eigenvalue weighted by molar-refractivity contribution is 7.94. The standard InChI is InChI=1S/C11H19NO4S/c1-10(2)9(13)12(17(10,15)16)8-11(14)6-4-3-5-7-11/h14H,3-8H2,1-2H3. The normalized spacial score (nSPS) is 29.8. The molecular weight excluding hydrogens is 242 g/mol. The minimum atomic E-state index is -3.56. The zero-order chi connectivity index (χ0) is 12.9. The zero-order valence-electron chi connectivity index (χ0n) is 10.3. The lowest BCUT2D eigenvalue weighted by molar-refractivity contribution is -0.135. The second kappa shape index (κ2) is 3.68. The molecule has 0 spiro atoms. The molecule has 1 saturated heterocycles. The van der Waals surface area contributed by atoms with Crippen molar-refractivity contribution < 1.29 is 18.3 Å². The Hall–Kier alpha value is -0.620. The van der Waals surface area contributed by atoms with Crippen molar-refractivity contribution in [3.8, 4) is 0 Å². The summed E-state index contributed by atoms with van der Waals surface area (Å²) in [5.74, 6) is -0.406. The van der Waals surface area contributed by atoms with Gasteiger partial charge in [0.1, 0.15) is 0 Å². The number of nitrogens with zero attached hydrogens (tertiary/aromatic N) is 1.